The van der Waals surface area contributed by atoms with Crippen LogP contribution in [0.2, 0.25) is 10.0 Å². The van der Waals surface area contributed by atoms with Crippen LogP contribution in [-0.4, -0.2) is 68.7 Å². The standard InChI is InChI=1S/C33H30Cl2N6O2/c34-27-20-36-21-28(35)29(27)38-33(43)31(42)26-22-41(32-25(26)12-7-13-37-32)19-16-39-14-17-40(18-15-39)30(23-8-3-1-4-9-23)24-10-5-2-6-11-24/h1-13,20-22,30H,14-19H2,(H,36,38,43). The van der Waals surface area contributed by atoms with E-state index in [0.29, 0.717) is 17.6 Å². The van der Waals surface area contributed by atoms with Crippen LogP contribution in [0.5, 0.6) is 0 Å². The second kappa shape index (κ2) is 13.1. The summed E-state index contributed by atoms with van der Waals surface area (Å²) < 4.78 is 1.95. The van der Waals surface area contributed by atoms with Gasteiger partial charge in [0.1, 0.15) is 5.65 Å². The highest BCUT2D eigenvalue weighted by atomic mass is 35.5. The summed E-state index contributed by atoms with van der Waals surface area (Å²) in [7, 11) is 0. The van der Waals surface area contributed by atoms with Crippen LogP contribution in [-0.2, 0) is 11.3 Å². The predicted octanol–water partition coefficient (Wildman–Crippen LogP) is 5.97. The number of hydrogen-bond donors (Lipinski definition) is 1. The number of carbonyl (C=O) groups excluding carboxylic acids is 2. The third-order valence-corrected chi connectivity index (χ3v) is 8.41. The van der Waals surface area contributed by atoms with Gasteiger partial charge in [-0.05, 0) is 23.3 Å². The Bertz CT molecular complexity index is 1680. The zero-order valence-electron chi connectivity index (χ0n) is 23.4. The monoisotopic (exact) mass is 612 g/mol. The van der Waals surface area contributed by atoms with Crippen LogP contribution in [0, 0.1) is 0 Å². The summed E-state index contributed by atoms with van der Waals surface area (Å²) in [5.41, 5.74) is 3.67. The van der Waals surface area contributed by atoms with Crippen molar-refractivity contribution in [1.29, 1.82) is 0 Å². The number of nitrogens with zero attached hydrogens (tertiary/aromatic N) is 5. The first-order valence-electron chi connectivity index (χ1n) is 14.1. The summed E-state index contributed by atoms with van der Waals surface area (Å²) in [6, 6.07) is 25.1. The lowest BCUT2D eigenvalue weighted by Crippen LogP contribution is -2.48. The number of nitrogens with one attached hydrogen (secondary N) is 1. The van der Waals surface area contributed by atoms with Gasteiger partial charge in [0.25, 0.3) is 11.7 Å². The van der Waals surface area contributed by atoms with Crippen molar-refractivity contribution in [2.24, 2.45) is 0 Å². The van der Waals surface area contributed by atoms with E-state index < -0.39 is 11.7 Å². The van der Waals surface area contributed by atoms with Crippen LogP contribution in [0.3, 0.4) is 0 Å². The van der Waals surface area contributed by atoms with Crippen LogP contribution in [0.25, 0.3) is 11.0 Å². The Morgan fingerprint density at radius 2 is 1.44 bits per heavy atom. The first kappa shape index (κ1) is 29.0. The molecule has 1 aliphatic rings. The normalized spacial score (nSPS) is 14.3. The van der Waals surface area contributed by atoms with Crippen LogP contribution in [0.4, 0.5) is 5.69 Å². The third kappa shape index (κ3) is 6.33. The number of pyridine rings is 2. The van der Waals surface area contributed by atoms with Gasteiger partial charge in [-0.3, -0.25) is 24.4 Å². The van der Waals surface area contributed by atoms with Gasteiger partial charge in [0.05, 0.1) is 27.3 Å². The van der Waals surface area contributed by atoms with E-state index in [1.54, 1.807) is 24.5 Å². The molecule has 0 aliphatic carbocycles. The highest BCUT2D eigenvalue weighted by Gasteiger charge is 2.27. The highest BCUT2D eigenvalue weighted by Crippen LogP contribution is 2.31. The highest BCUT2D eigenvalue weighted by molar-refractivity contribution is 6.50. The number of aromatic nitrogens is 3. The molecule has 0 bridgehead atoms. The first-order valence-corrected chi connectivity index (χ1v) is 14.9. The molecule has 43 heavy (non-hydrogen) atoms. The molecule has 1 amide bonds. The fraction of sp³-hybridized carbons (Fsp3) is 0.212. The quantitative estimate of drug-likeness (QED) is 0.163. The molecule has 3 aromatic heterocycles. The van der Waals surface area contributed by atoms with Crippen LogP contribution >= 0.6 is 23.2 Å². The molecule has 6 rings (SSSR count). The first-order chi connectivity index (χ1) is 21.0. The van der Waals surface area contributed by atoms with E-state index in [9.17, 15) is 9.59 Å². The molecule has 5 aromatic rings. The summed E-state index contributed by atoms with van der Waals surface area (Å²) in [6.45, 7) is 5.13. The number of piperazine rings is 1. The Kier molecular flexibility index (Phi) is 8.81. The number of amides is 1. The number of Topliss-reactive ketones (excluding diaryl/α,β-unsaturated/α-hetero) is 1. The Morgan fingerprint density at radius 3 is 2.07 bits per heavy atom. The Hall–Kier alpha value is -4.08. The van der Waals surface area contributed by atoms with Gasteiger partial charge in [0.2, 0.25) is 0 Å². The molecule has 1 fully saturated rings. The minimum Gasteiger partial charge on any atom is -0.330 e. The maximum atomic E-state index is 13.3. The van der Waals surface area contributed by atoms with E-state index in [-0.39, 0.29) is 27.3 Å². The Labute approximate surface area is 259 Å². The number of rotatable bonds is 9. The van der Waals surface area contributed by atoms with Gasteiger partial charge >= 0.3 is 0 Å². The van der Waals surface area contributed by atoms with E-state index in [1.165, 1.54) is 23.5 Å². The summed E-state index contributed by atoms with van der Waals surface area (Å²) >= 11 is 12.3. The van der Waals surface area contributed by atoms with E-state index in [2.05, 4.69) is 85.7 Å². The van der Waals surface area contributed by atoms with Gasteiger partial charge in [0, 0.05) is 69.4 Å². The number of fused-ring (bicyclic) bond motifs is 1. The second-order valence-corrected chi connectivity index (χ2v) is 11.3. The van der Waals surface area contributed by atoms with Crippen molar-refractivity contribution in [3.8, 4) is 0 Å². The topological polar surface area (TPSA) is 83.4 Å². The fourth-order valence-electron chi connectivity index (χ4n) is 5.68. The van der Waals surface area contributed by atoms with Crippen molar-refractivity contribution in [2.75, 3.05) is 38.0 Å². The smallest absolute Gasteiger partial charge is 0.296 e. The van der Waals surface area contributed by atoms with Gasteiger partial charge < -0.3 is 9.88 Å². The van der Waals surface area contributed by atoms with Crippen molar-refractivity contribution in [3.05, 3.63) is 124 Å². The summed E-state index contributed by atoms with van der Waals surface area (Å²) in [6.07, 6.45) is 6.11. The molecular weight excluding hydrogens is 583 g/mol. The lowest BCUT2D eigenvalue weighted by atomic mass is 9.96. The molecule has 1 aliphatic heterocycles. The molecule has 0 unspecified atom stereocenters. The molecule has 0 saturated carbocycles. The van der Waals surface area contributed by atoms with Gasteiger partial charge in [-0.15, -0.1) is 0 Å². The lowest BCUT2D eigenvalue weighted by Gasteiger charge is -2.39. The molecule has 0 radical (unpaired) electrons. The van der Waals surface area contributed by atoms with E-state index in [0.717, 1.165) is 32.7 Å². The molecule has 2 aromatic carbocycles. The maximum absolute atomic E-state index is 13.3. The molecule has 4 heterocycles. The number of carbonyl (C=O) groups is 2. The third-order valence-electron chi connectivity index (χ3n) is 7.84. The number of halogens is 2. The average molecular weight is 614 g/mol. The second-order valence-electron chi connectivity index (χ2n) is 10.5. The predicted molar refractivity (Wildman–Crippen MR) is 170 cm³/mol. The van der Waals surface area contributed by atoms with Crippen molar-refractivity contribution in [2.45, 2.75) is 12.6 Å². The van der Waals surface area contributed by atoms with E-state index in [4.69, 9.17) is 23.2 Å². The van der Waals surface area contributed by atoms with Crippen LogP contribution < -0.4 is 5.32 Å². The number of benzene rings is 2. The molecule has 8 nitrogen and oxygen atoms in total. The largest absolute Gasteiger partial charge is 0.330 e. The lowest BCUT2D eigenvalue weighted by molar-refractivity contribution is -0.112. The van der Waals surface area contributed by atoms with Crippen molar-refractivity contribution in [1.82, 2.24) is 24.3 Å². The molecule has 0 atom stereocenters. The Balaban J connectivity index is 1.13. The molecule has 218 valence electrons. The zero-order valence-corrected chi connectivity index (χ0v) is 24.9. The molecule has 0 spiro atoms. The summed E-state index contributed by atoms with van der Waals surface area (Å²) in [5.74, 6) is -1.53. The number of ketones is 1. The average Bonchev–Trinajstić information content (AvgIpc) is 3.42. The maximum Gasteiger partial charge on any atom is 0.296 e. The van der Waals surface area contributed by atoms with E-state index >= 15 is 0 Å². The molecule has 10 heteroatoms. The van der Waals surface area contributed by atoms with Gasteiger partial charge in [0.15, 0.2) is 0 Å². The molecule has 1 N–H and O–H groups in total. The minimum absolute atomic E-state index is 0.150. The number of anilines is 1. The van der Waals surface area contributed by atoms with Crippen molar-refractivity contribution < 1.29 is 9.59 Å². The van der Waals surface area contributed by atoms with Gasteiger partial charge in [-0.25, -0.2) is 4.98 Å². The molecular formula is C33H30Cl2N6O2. The fourth-order valence-corrected chi connectivity index (χ4v) is 6.14. The Morgan fingerprint density at radius 1 is 0.814 bits per heavy atom. The SMILES string of the molecule is O=C(Nc1c(Cl)cncc1Cl)C(=O)c1cn(CCN2CCN(C(c3ccccc3)c3ccccc3)CC2)c2ncccc12. The number of hydrogen-bond acceptors (Lipinski definition) is 6. The minimum atomic E-state index is -0.833. The van der Waals surface area contributed by atoms with Gasteiger partial charge in [-0.1, -0.05) is 83.9 Å². The summed E-state index contributed by atoms with van der Waals surface area (Å²) in [4.78, 5) is 39.6. The molecule has 1 saturated heterocycles. The van der Waals surface area contributed by atoms with E-state index in [1.807, 2.05) is 4.57 Å². The zero-order chi connectivity index (χ0) is 29.8. The van der Waals surface area contributed by atoms with Crippen LogP contribution in [0.15, 0.2) is 97.6 Å². The van der Waals surface area contributed by atoms with Crippen LogP contribution in [0.1, 0.15) is 27.5 Å². The van der Waals surface area contributed by atoms with Gasteiger partial charge in [-0.2, -0.15) is 0 Å². The summed E-state index contributed by atoms with van der Waals surface area (Å²) in [5, 5.41) is 3.45. The van der Waals surface area contributed by atoms with Crippen molar-refractivity contribution in [3.63, 3.8) is 0 Å². The van der Waals surface area contributed by atoms with Crippen molar-refractivity contribution >= 4 is 51.6 Å².